The monoisotopic (exact) mass is 410 g/mol. The van der Waals surface area contributed by atoms with Gasteiger partial charge in [-0.25, -0.2) is 0 Å². The number of hydrogen-bond acceptors (Lipinski definition) is 4. The lowest BCUT2D eigenvalue weighted by Crippen LogP contribution is -2.41. The average molecular weight is 411 g/mol. The zero-order valence-electron chi connectivity index (χ0n) is 17.9. The van der Waals surface area contributed by atoms with Crippen LogP contribution in [0.25, 0.3) is 0 Å². The van der Waals surface area contributed by atoms with E-state index in [1.54, 1.807) is 11.0 Å². The number of likely N-dealkylation sites (tertiary alicyclic amines) is 1. The van der Waals surface area contributed by atoms with Gasteiger partial charge in [0.15, 0.2) is 0 Å². The highest BCUT2D eigenvalue weighted by Crippen LogP contribution is 2.26. The molecule has 0 saturated carbocycles. The minimum atomic E-state index is -0.283. The number of hydrogen-bond donors (Lipinski definition) is 1. The van der Waals surface area contributed by atoms with Gasteiger partial charge in [-0.15, -0.1) is 0 Å². The van der Waals surface area contributed by atoms with Crippen LogP contribution >= 0.6 is 0 Å². The van der Waals surface area contributed by atoms with E-state index in [-0.39, 0.29) is 17.7 Å². The van der Waals surface area contributed by atoms with Gasteiger partial charge in [-0.1, -0.05) is 6.07 Å². The van der Waals surface area contributed by atoms with Crippen molar-refractivity contribution in [3.8, 4) is 11.5 Å². The standard InChI is InChI=1S/C24H30N2O4/c1-4-29-22-8-6-19(24(28)26-11-9-18(10-12-26)23(25)27)14-20(22)15-30-21-7-5-16(2)17(3)13-21/h5-8,13-14,18H,4,9-12,15H2,1-3H3,(H2,25,27). The van der Waals surface area contributed by atoms with Crippen molar-refractivity contribution in [3.05, 3.63) is 58.7 Å². The van der Waals surface area contributed by atoms with Crippen LogP contribution in [0.15, 0.2) is 36.4 Å². The number of benzene rings is 2. The van der Waals surface area contributed by atoms with E-state index < -0.39 is 0 Å². The van der Waals surface area contributed by atoms with Gasteiger partial charge in [-0.2, -0.15) is 0 Å². The Kier molecular flexibility index (Phi) is 6.98. The van der Waals surface area contributed by atoms with Crippen LogP contribution in [0.4, 0.5) is 0 Å². The summed E-state index contributed by atoms with van der Waals surface area (Å²) in [7, 11) is 0. The molecule has 160 valence electrons. The van der Waals surface area contributed by atoms with Crippen molar-refractivity contribution >= 4 is 11.8 Å². The van der Waals surface area contributed by atoms with Crippen LogP contribution < -0.4 is 15.2 Å². The highest BCUT2D eigenvalue weighted by molar-refractivity contribution is 5.94. The van der Waals surface area contributed by atoms with Crippen LogP contribution in [-0.2, 0) is 11.4 Å². The number of primary amides is 1. The molecular weight excluding hydrogens is 380 g/mol. The smallest absolute Gasteiger partial charge is 0.253 e. The van der Waals surface area contributed by atoms with E-state index in [1.165, 1.54) is 11.1 Å². The number of rotatable bonds is 7. The molecule has 30 heavy (non-hydrogen) atoms. The lowest BCUT2D eigenvalue weighted by molar-refractivity contribution is -0.123. The van der Waals surface area contributed by atoms with Crippen molar-refractivity contribution in [1.29, 1.82) is 0 Å². The maximum absolute atomic E-state index is 13.0. The summed E-state index contributed by atoms with van der Waals surface area (Å²) in [5, 5.41) is 0. The van der Waals surface area contributed by atoms with Gasteiger partial charge in [0, 0.05) is 30.1 Å². The first-order valence-electron chi connectivity index (χ1n) is 10.4. The zero-order valence-corrected chi connectivity index (χ0v) is 17.9. The number of piperidine rings is 1. The number of carbonyl (C=O) groups is 2. The highest BCUT2D eigenvalue weighted by Gasteiger charge is 2.26. The molecule has 0 spiro atoms. The van der Waals surface area contributed by atoms with Crippen LogP contribution in [-0.4, -0.2) is 36.4 Å². The molecule has 0 radical (unpaired) electrons. The van der Waals surface area contributed by atoms with E-state index in [9.17, 15) is 9.59 Å². The summed E-state index contributed by atoms with van der Waals surface area (Å²) in [6.45, 7) is 7.95. The molecule has 2 N–H and O–H groups in total. The van der Waals surface area contributed by atoms with Crippen molar-refractivity contribution in [2.24, 2.45) is 11.7 Å². The Labute approximate surface area is 178 Å². The predicted octanol–water partition coefficient (Wildman–Crippen LogP) is 3.62. The van der Waals surface area contributed by atoms with Gasteiger partial charge >= 0.3 is 0 Å². The van der Waals surface area contributed by atoms with Crippen molar-refractivity contribution in [1.82, 2.24) is 4.90 Å². The molecule has 3 rings (SSSR count). The Hall–Kier alpha value is -3.02. The number of nitrogens with two attached hydrogens (primary N) is 1. The Bertz CT molecular complexity index is 917. The van der Waals surface area contributed by atoms with Crippen LogP contribution in [0.1, 0.15) is 46.8 Å². The molecule has 6 nitrogen and oxygen atoms in total. The van der Waals surface area contributed by atoms with Gasteiger partial charge in [0.2, 0.25) is 5.91 Å². The van der Waals surface area contributed by atoms with Crippen LogP contribution in [0.3, 0.4) is 0 Å². The third-order valence-corrected chi connectivity index (χ3v) is 5.66. The topological polar surface area (TPSA) is 81.9 Å². The average Bonchev–Trinajstić information content (AvgIpc) is 2.75. The Balaban J connectivity index is 1.74. The fourth-order valence-corrected chi connectivity index (χ4v) is 3.64. The molecule has 0 aromatic heterocycles. The van der Waals surface area contributed by atoms with E-state index in [0.717, 1.165) is 11.3 Å². The molecule has 2 aromatic rings. The van der Waals surface area contributed by atoms with Gasteiger partial charge in [0.25, 0.3) is 5.91 Å². The number of aryl methyl sites for hydroxylation is 2. The molecule has 1 saturated heterocycles. The van der Waals surface area contributed by atoms with Gasteiger partial charge in [-0.3, -0.25) is 9.59 Å². The minimum Gasteiger partial charge on any atom is -0.493 e. The number of carbonyl (C=O) groups excluding carboxylic acids is 2. The van der Waals surface area contributed by atoms with E-state index >= 15 is 0 Å². The summed E-state index contributed by atoms with van der Waals surface area (Å²) in [6.07, 6.45) is 1.22. The van der Waals surface area contributed by atoms with Gasteiger partial charge in [0.05, 0.1) is 6.61 Å². The minimum absolute atomic E-state index is 0.0478. The van der Waals surface area contributed by atoms with E-state index in [4.69, 9.17) is 15.2 Å². The Morgan fingerprint density at radius 3 is 2.40 bits per heavy atom. The molecule has 1 aliphatic heterocycles. The molecule has 2 amide bonds. The third-order valence-electron chi connectivity index (χ3n) is 5.66. The SMILES string of the molecule is CCOc1ccc(C(=O)N2CCC(C(N)=O)CC2)cc1COc1ccc(C)c(C)c1. The molecular formula is C24H30N2O4. The first-order chi connectivity index (χ1) is 14.4. The van der Waals surface area contributed by atoms with E-state index in [1.807, 2.05) is 37.3 Å². The second-order valence-corrected chi connectivity index (χ2v) is 7.76. The van der Waals surface area contributed by atoms with Crippen LogP contribution in [0.5, 0.6) is 11.5 Å². The van der Waals surface area contributed by atoms with Gasteiger partial charge in [0.1, 0.15) is 18.1 Å². The normalized spacial score (nSPS) is 14.4. The quantitative estimate of drug-likeness (QED) is 0.756. The summed E-state index contributed by atoms with van der Waals surface area (Å²) in [5.41, 5.74) is 9.19. The predicted molar refractivity (Wildman–Crippen MR) is 116 cm³/mol. The number of nitrogens with zero attached hydrogens (tertiary/aromatic N) is 1. The number of amides is 2. The van der Waals surface area contributed by atoms with Crippen molar-refractivity contribution in [2.45, 2.75) is 40.2 Å². The Morgan fingerprint density at radius 1 is 1.03 bits per heavy atom. The Morgan fingerprint density at radius 2 is 1.77 bits per heavy atom. The summed E-state index contributed by atoms with van der Waals surface area (Å²) in [6, 6.07) is 11.4. The largest absolute Gasteiger partial charge is 0.493 e. The zero-order chi connectivity index (χ0) is 21.7. The lowest BCUT2D eigenvalue weighted by Gasteiger charge is -2.30. The summed E-state index contributed by atoms with van der Waals surface area (Å²) in [5.74, 6) is 1.02. The van der Waals surface area contributed by atoms with Crippen LogP contribution in [0.2, 0.25) is 0 Å². The molecule has 1 aliphatic rings. The van der Waals surface area contributed by atoms with Crippen molar-refractivity contribution in [3.63, 3.8) is 0 Å². The van der Waals surface area contributed by atoms with Gasteiger partial charge in [-0.05, 0) is 75.1 Å². The molecule has 0 aliphatic carbocycles. The first kappa shape index (κ1) is 21.7. The fraction of sp³-hybridized carbons (Fsp3) is 0.417. The second-order valence-electron chi connectivity index (χ2n) is 7.76. The molecule has 0 bridgehead atoms. The molecule has 6 heteroatoms. The molecule has 0 atom stereocenters. The van der Waals surface area contributed by atoms with Crippen molar-refractivity contribution in [2.75, 3.05) is 19.7 Å². The molecule has 1 heterocycles. The molecule has 1 fully saturated rings. The third kappa shape index (κ3) is 5.12. The lowest BCUT2D eigenvalue weighted by atomic mass is 9.95. The highest BCUT2D eigenvalue weighted by atomic mass is 16.5. The van der Waals surface area contributed by atoms with E-state index in [2.05, 4.69) is 13.8 Å². The maximum atomic E-state index is 13.0. The second kappa shape index (κ2) is 9.65. The summed E-state index contributed by atoms with van der Waals surface area (Å²) in [4.78, 5) is 26.1. The molecule has 0 unspecified atom stereocenters. The fourth-order valence-electron chi connectivity index (χ4n) is 3.64. The first-order valence-corrected chi connectivity index (χ1v) is 10.4. The summed E-state index contributed by atoms with van der Waals surface area (Å²) < 4.78 is 11.7. The summed E-state index contributed by atoms with van der Waals surface area (Å²) >= 11 is 0. The van der Waals surface area contributed by atoms with Crippen LogP contribution in [0, 0.1) is 19.8 Å². The van der Waals surface area contributed by atoms with E-state index in [0.29, 0.717) is 50.5 Å². The van der Waals surface area contributed by atoms with Gasteiger partial charge < -0.3 is 20.1 Å². The number of ether oxygens (including phenoxy) is 2. The molecule has 2 aromatic carbocycles. The van der Waals surface area contributed by atoms with Crippen molar-refractivity contribution < 1.29 is 19.1 Å². The maximum Gasteiger partial charge on any atom is 0.253 e.